The summed E-state index contributed by atoms with van der Waals surface area (Å²) >= 11 is 0. The second kappa shape index (κ2) is 4.62. The first kappa shape index (κ1) is 14.8. The highest BCUT2D eigenvalue weighted by Gasteiger charge is 2.65. The van der Waals surface area contributed by atoms with Crippen LogP contribution < -0.4 is 5.32 Å². The average Bonchev–Trinajstić information content (AvgIpc) is 2.86. The average molecular weight is 326 g/mol. The first-order chi connectivity index (χ1) is 10.3. The standard InChI is InChI=1S/C16H26N2O3S/c1-16(2)5-6-18(7-8-22(16,20)21)15(19)17-14-12-10-3-4-11(9-10)13(12)14/h10-14H,3-9H2,1-2H3,(H,17,19)/t10-,11-,12-,13+,14?/m0/s1. The van der Waals surface area contributed by atoms with Crippen molar-refractivity contribution in [1.82, 2.24) is 10.2 Å². The third-order valence-electron chi connectivity index (χ3n) is 6.77. The molecule has 5 atom stereocenters. The molecule has 0 aromatic carbocycles. The molecule has 0 radical (unpaired) electrons. The fraction of sp³-hybridized carbons (Fsp3) is 0.938. The number of fused-ring (bicyclic) bond motifs is 5. The predicted molar refractivity (Wildman–Crippen MR) is 84.2 cm³/mol. The molecule has 3 saturated carbocycles. The van der Waals surface area contributed by atoms with Crippen LogP contribution in [0.5, 0.6) is 0 Å². The zero-order valence-electron chi connectivity index (χ0n) is 13.4. The quantitative estimate of drug-likeness (QED) is 0.796. The molecule has 6 heteroatoms. The molecule has 4 aliphatic rings. The molecular weight excluding hydrogens is 300 g/mol. The van der Waals surface area contributed by atoms with Crippen LogP contribution >= 0.6 is 0 Å². The Bertz CT molecular complexity index is 585. The topological polar surface area (TPSA) is 66.5 Å². The van der Waals surface area contributed by atoms with E-state index in [-0.39, 0.29) is 11.8 Å². The molecule has 1 aliphatic heterocycles. The van der Waals surface area contributed by atoms with Gasteiger partial charge in [0.1, 0.15) is 0 Å². The van der Waals surface area contributed by atoms with Crippen molar-refractivity contribution >= 4 is 15.9 Å². The Kier molecular flexibility index (Phi) is 3.10. The summed E-state index contributed by atoms with van der Waals surface area (Å²) in [5.74, 6) is 3.19. The molecule has 124 valence electrons. The van der Waals surface area contributed by atoms with E-state index in [0.717, 1.165) is 23.7 Å². The highest BCUT2D eigenvalue weighted by molar-refractivity contribution is 7.92. The number of rotatable bonds is 1. The van der Waals surface area contributed by atoms with Crippen LogP contribution in [0.25, 0.3) is 0 Å². The van der Waals surface area contributed by atoms with E-state index in [1.807, 2.05) is 0 Å². The van der Waals surface area contributed by atoms with Gasteiger partial charge in [-0.25, -0.2) is 13.2 Å². The first-order valence-electron chi connectivity index (χ1n) is 8.58. The van der Waals surface area contributed by atoms with Crippen molar-refractivity contribution in [3.8, 4) is 0 Å². The van der Waals surface area contributed by atoms with Gasteiger partial charge in [0.25, 0.3) is 0 Å². The van der Waals surface area contributed by atoms with E-state index in [0.29, 0.717) is 25.6 Å². The molecule has 0 aromatic rings. The van der Waals surface area contributed by atoms with E-state index in [1.54, 1.807) is 18.7 Å². The van der Waals surface area contributed by atoms with Gasteiger partial charge in [0.05, 0.1) is 10.5 Å². The number of amides is 2. The minimum Gasteiger partial charge on any atom is -0.335 e. The van der Waals surface area contributed by atoms with E-state index in [9.17, 15) is 13.2 Å². The highest BCUT2D eigenvalue weighted by atomic mass is 32.2. The molecule has 3 aliphatic carbocycles. The van der Waals surface area contributed by atoms with Crippen molar-refractivity contribution < 1.29 is 13.2 Å². The van der Waals surface area contributed by atoms with Crippen LogP contribution in [0.3, 0.4) is 0 Å². The van der Waals surface area contributed by atoms with E-state index >= 15 is 0 Å². The van der Waals surface area contributed by atoms with Gasteiger partial charge in [0.15, 0.2) is 9.84 Å². The fourth-order valence-corrected chi connectivity index (χ4v) is 6.55. The number of urea groups is 1. The van der Waals surface area contributed by atoms with Crippen molar-refractivity contribution in [2.45, 2.75) is 50.3 Å². The maximum Gasteiger partial charge on any atom is 0.317 e. The summed E-state index contributed by atoms with van der Waals surface area (Å²) in [6.45, 7) is 4.40. The lowest BCUT2D eigenvalue weighted by molar-refractivity contribution is 0.197. The van der Waals surface area contributed by atoms with Gasteiger partial charge in [-0.3, -0.25) is 0 Å². The number of hydrogen-bond donors (Lipinski definition) is 1. The van der Waals surface area contributed by atoms with Crippen LogP contribution in [-0.4, -0.2) is 49.0 Å². The summed E-state index contributed by atoms with van der Waals surface area (Å²) in [5, 5.41) is 3.20. The Morgan fingerprint density at radius 2 is 1.77 bits per heavy atom. The molecule has 1 N–H and O–H groups in total. The number of carbonyl (C=O) groups excluding carboxylic acids is 1. The number of hydrogen-bond acceptors (Lipinski definition) is 3. The lowest BCUT2D eigenvalue weighted by Gasteiger charge is -2.23. The van der Waals surface area contributed by atoms with Crippen molar-refractivity contribution in [3.05, 3.63) is 0 Å². The molecule has 4 fully saturated rings. The van der Waals surface area contributed by atoms with Crippen molar-refractivity contribution in [2.75, 3.05) is 18.8 Å². The highest BCUT2D eigenvalue weighted by Crippen LogP contribution is 2.65. The Morgan fingerprint density at radius 1 is 1.14 bits per heavy atom. The number of nitrogens with one attached hydrogen (secondary N) is 1. The molecule has 2 bridgehead atoms. The summed E-state index contributed by atoms with van der Waals surface area (Å²) in [7, 11) is -3.12. The Balaban J connectivity index is 1.38. The summed E-state index contributed by atoms with van der Waals surface area (Å²) in [5.41, 5.74) is 0. The van der Waals surface area contributed by atoms with Gasteiger partial charge in [0, 0.05) is 19.1 Å². The fourth-order valence-electron chi connectivity index (χ4n) is 5.13. The van der Waals surface area contributed by atoms with Crippen LogP contribution in [0, 0.1) is 23.7 Å². The van der Waals surface area contributed by atoms with Crippen LogP contribution in [-0.2, 0) is 9.84 Å². The molecule has 2 amide bonds. The monoisotopic (exact) mass is 326 g/mol. The minimum atomic E-state index is -3.12. The van der Waals surface area contributed by atoms with Gasteiger partial charge in [-0.15, -0.1) is 0 Å². The van der Waals surface area contributed by atoms with Crippen LogP contribution in [0.4, 0.5) is 4.79 Å². The molecular formula is C16H26N2O3S. The maximum absolute atomic E-state index is 12.5. The molecule has 1 saturated heterocycles. The van der Waals surface area contributed by atoms with Crippen LogP contribution in [0.15, 0.2) is 0 Å². The molecule has 1 unspecified atom stereocenters. The number of sulfone groups is 1. The third-order valence-corrected chi connectivity index (χ3v) is 9.38. The second-order valence-corrected chi connectivity index (χ2v) is 11.0. The minimum absolute atomic E-state index is 0.0494. The largest absolute Gasteiger partial charge is 0.335 e. The van der Waals surface area contributed by atoms with Gasteiger partial charge >= 0.3 is 6.03 Å². The van der Waals surface area contributed by atoms with Crippen LogP contribution in [0.2, 0.25) is 0 Å². The Hall–Kier alpha value is -0.780. The van der Waals surface area contributed by atoms with Crippen molar-refractivity contribution in [2.24, 2.45) is 23.7 Å². The molecule has 0 aromatic heterocycles. The molecule has 1 heterocycles. The van der Waals surface area contributed by atoms with Crippen molar-refractivity contribution in [1.29, 1.82) is 0 Å². The van der Waals surface area contributed by atoms with Gasteiger partial charge in [-0.1, -0.05) is 0 Å². The van der Waals surface area contributed by atoms with E-state index in [2.05, 4.69) is 5.32 Å². The number of nitrogens with zero attached hydrogens (tertiary/aromatic N) is 1. The zero-order valence-corrected chi connectivity index (χ0v) is 14.2. The molecule has 0 spiro atoms. The molecule has 5 nitrogen and oxygen atoms in total. The lowest BCUT2D eigenvalue weighted by Crippen LogP contribution is -2.43. The Labute approximate surface area is 132 Å². The first-order valence-corrected chi connectivity index (χ1v) is 10.2. The van der Waals surface area contributed by atoms with Gasteiger partial charge < -0.3 is 10.2 Å². The number of carbonyl (C=O) groups is 1. The second-order valence-electron chi connectivity index (χ2n) is 8.28. The van der Waals surface area contributed by atoms with E-state index < -0.39 is 14.6 Å². The van der Waals surface area contributed by atoms with E-state index in [4.69, 9.17) is 0 Å². The van der Waals surface area contributed by atoms with Gasteiger partial charge in [-0.05, 0) is 63.2 Å². The Morgan fingerprint density at radius 3 is 2.41 bits per heavy atom. The summed E-state index contributed by atoms with van der Waals surface area (Å²) in [4.78, 5) is 14.2. The molecule has 22 heavy (non-hydrogen) atoms. The van der Waals surface area contributed by atoms with Gasteiger partial charge in [-0.2, -0.15) is 0 Å². The molecule has 4 rings (SSSR count). The summed E-state index contributed by atoms with van der Waals surface area (Å²) in [6, 6.07) is 0.318. The van der Waals surface area contributed by atoms with Crippen molar-refractivity contribution in [3.63, 3.8) is 0 Å². The predicted octanol–water partition coefficient (Wildman–Crippen LogP) is 1.64. The summed E-state index contributed by atoms with van der Waals surface area (Å²) in [6.07, 6.45) is 4.58. The smallest absolute Gasteiger partial charge is 0.317 e. The van der Waals surface area contributed by atoms with E-state index in [1.165, 1.54) is 19.3 Å². The van der Waals surface area contributed by atoms with Crippen LogP contribution in [0.1, 0.15) is 39.5 Å². The van der Waals surface area contributed by atoms with Gasteiger partial charge in [0.2, 0.25) is 0 Å². The zero-order chi connectivity index (χ0) is 15.7. The normalized spacial score (nSPS) is 44.3. The lowest BCUT2D eigenvalue weighted by atomic mass is 10.0. The maximum atomic E-state index is 12.5. The SMILES string of the molecule is CC1(C)CCN(C(=O)NC2[C@@H]3[C@H]4CC[C@@H](C4)[C@H]23)CCS1(=O)=O. The summed E-state index contributed by atoms with van der Waals surface area (Å²) < 4.78 is 23.7. The third kappa shape index (κ3) is 2.09.